The van der Waals surface area contributed by atoms with Crippen LogP contribution in [0.5, 0.6) is 0 Å². The predicted molar refractivity (Wildman–Crippen MR) is 76.1 cm³/mol. The molecule has 0 heterocycles. The summed E-state index contributed by atoms with van der Waals surface area (Å²) in [4.78, 5) is 0. The third-order valence-electron chi connectivity index (χ3n) is 2.99. The molecule has 0 radical (unpaired) electrons. The Labute approximate surface area is 125 Å². The quantitative estimate of drug-likeness (QED) is 0.496. The maximum atomic E-state index is 4.30. The average Bonchev–Trinajstić information content (AvgIpc) is 2.38. The Hall–Kier alpha value is -1.60. The van der Waals surface area contributed by atoms with Gasteiger partial charge < -0.3 is 0 Å². The van der Waals surface area contributed by atoms with E-state index in [9.17, 15) is 0 Å². The molecule has 0 atom stereocenters. The molecular weight excluding hydrogens is 314 g/mol. The first-order valence-corrected chi connectivity index (χ1v) is 7.03. The van der Waals surface area contributed by atoms with Gasteiger partial charge in [-0.25, -0.2) is 0 Å². The summed E-state index contributed by atoms with van der Waals surface area (Å²) >= 11 is 1.76. The molecule has 0 fully saturated rings. The molecule has 0 unspecified atom stereocenters. The molecule has 2 aromatic carbocycles. The van der Waals surface area contributed by atoms with Gasteiger partial charge in [-0.15, -0.1) is 0 Å². The van der Waals surface area contributed by atoms with Crippen LogP contribution in [0.3, 0.4) is 0 Å². The van der Waals surface area contributed by atoms with E-state index in [4.69, 9.17) is 0 Å². The molecule has 0 N–H and O–H groups in total. The van der Waals surface area contributed by atoms with Gasteiger partial charge in [0.2, 0.25) is 0 Å². The van der Waals surface area contributed by atoms with Crippen LogP contribution in [0.1, 0.15) is 27.8 Å². The SMILES string of the molecule is Cc1ccc(C#Cc2cc(C)c([N+]#[Mo])c(C)c2)cc1. The second-order valence-corrected chi connectivity index (χ2v) is 5.11. The van der Waals surface area contributed by atoms with Crippen molar-refractivity contribution < 1.29 is 19.4 Å². The summed E-state index contributed by atoms with van der Waals surface area (Å²) in [6, 6.07) is 12.5. The zero-order valence-corrected chi connectivity index (χ0v) is 13.3. The van der Waals surface area contributed by atoms with Crippen molar-refractivity contribution in [2.24, 2.45) is 0 Å². The molecule has 0 saturated carbocycles. The minimum absolute atomic E-state index is 1.05. The summed E-state index contributed by atoms with van der Waals surface area (Å²) in [7, 11) is 0. The number of benzene rings is 2. The van der Waals surface area contributed by atoms with Gasteiger partial charge in [-0.1, -0.05) is 0 Å². The van der Waals surface area contributed by atoms with Crippen molar-refractivity contribution in [2.45, 2.75) is 20.8 Å². The second-order valence-electron chi connectivity index (χ2n) is 4.67. The summed E-state index contributed by atoms with van der Waals surface area (Å²) in [6.07, 6.45) is 0. The summed E-state index contributed by atoms with van der Waals surface area (Å²) < 4.78 is 4.30. The van der Waals surface area contributed by atoms with E-state index in [1.807, 2.05) is 0 Å². The number of nitrogens with zero attached hydrogens (tertiary/aromatic N) is 1. The van der Waals surface area contributed by atoms with E-state index in [0.717, 1.165) is 16.8 Å². The Morgan fingerprint density at radius 2 is 1.37 bits per heavy atom. The molecule has 2 aromatic rings. The normalized spacial score (nSPS) is 9.37. The summed E-state index contributed by atoms with van der Waals surface area (Å²) in [6.45, 7) is 6.24. The Kier molecular flexibility index (Phi) is 4.38. The number of aryl methyl sites for hydroxylation is 3. The van der Waals surface area contributed by atoms with E-state index in [0.29, 0.717) is 0 Å². The van der Waals surface area contributed by atoms with E-state index in [1.165, 1.54) is 16.7 Å². The standard InChI is InChI=1S/C17H15N.Mo/c1-12-4-6-15(7-5-12)8-9-16-10-13(2)17(18)14(3)11-16;/h4-7,10-11H,1-3H3;/q+1;. The topological polar surface area (TPSA) is 4.36 Å². The third kappa shape index (κ3) is 3.45. The van der Waals surface area contributed by atoms with E-state index in [1.54, 1.807) is 19.4 Å². The van der Waals surface area contributed by atoms with Gasteiger partial charge in [0.05, 0.1) is 0 Å². The molecule has 0 aliphatic carbocycles. The average molecular weight is 329 g/mol. The van der Waals surface area contributed by atoms with E-state index in [-0.39, 0.29) is 0 Å². The van der Waals surface area contributed by atoms with Gasteiger partial charge in [0.15, 0.2) is 0 Å². The monoisotopic (exact) mass is 331 g/mol. The van der Waals surface area contributed by atoms with Crippen molar-refractivity contribution in [3.8, 4) is 11.8 Å². The van der Waals surface area contributed by atoms with Crippen molar-refractivity contribution in [3.63, 3.8) is 0 Å². The molecule has 0 amide bonds. The van der Waals surface area contributed by atoms with Crippen molar-refractivity contribution in [1.29, 1.82) is 0 Å². The Bertz CT molecular complexity index is 687. The zero-order valence-electron chi connectivity index (χ0n) is 11.3. The first kappa shape index (κ1) is 13.8. The van der Waals surface area contributed by atoms with Crippen LogP contribution >= 0.6 is 0 Å². The van der Waals surface area contributed by atoms with E-state index in [2.05, 4.69) is 72.3 Å². The molecule has 1 nitrogen and oxygen atoms in total. The van der Waals surface area contributed by atoms with E-state index >= 15 is 0 Å². The van der Waals surface area contributed by atoms with Crippen LogP contribution in [-0.4, -0.2) is 0 Å². The zero-order chi connectivity index (χ0) is 13.8. The van der Waals surface area contributed by atoms with Gasteiger partial charge >= 0.3 is 125 Å². The molecule has 0 spiro atoms. The van der Waals surface area contributed by atoms with Gasteiger partial charge in [-0.05, 0) is 0 Å². The van der Waals surface area contributed by atoms with Crippen molar-refractivity contribution in [3.05, 3.63) is 67.5 Å². The Morgan fingerprint density at radius 3 is 1.89 bits per heavy atom. The van der Waals surface area contributed by atoms with Gasteiger partial charge in [-0.2, -0.15) is 0 Å². The van der Waals surface area contributed by atoms with Crippen molar-refractivity contribution in [1.82, 2.24) is 0 Å². The van der Waals surface area contributed by atoms with Gasteiger partial charge in [0.1, 0.15) is 0 Å². The van der Waals surface area contributed by atoms with Crippen LogP contribution < -0.4 is 0 Å². The fraction of sp³-hybridized carbons (Fsp3) is 0.176. The molecule has 0 aliphatic rings. The van der Waals surface area contributed by atoms with Crippen LogP contribution in [0.4, 0.5) is 5.69 Å². The fourth-order valence-corrected chi connectivity index (χ4v) is 2.66. The van der Waals surface area contributed by atoms with Gasteiger partial charge in [-0.3, -0.25) is 0 Å². The minimum atomic E-state index is 1.05. The fourth-order valence-electron chi connectivity index (χ4n) is 1.95. The van der Waals surface area contributed by atoms with Gasteiger partial charge in [0, 0.05) is 0 Å². The number of hydrogen-bond acceptors (Lipinski definition) is 0. The first-order valence-electron chi connectivity index (χ1n) is 6.13. The number of rotatable bonds is 0. The molecule has 0 aliphatic heterocycles. The van der Waals surface area contributed by atoms with Crippen LogP contribution in [-0.2, 0) is 19.4 Å². The molecule has 2 heteroatoms. The van der Waals surface area contributed by atoms with Crippen LogP contribution in [0, 0.1) is 32.6 Å². The van der Waals surface area contributed by atoms with Crippen molar-refractivity contribution >= 4 is 5.69 Å². The first-order chi connectivity index (χ1) is 9.10. The second kappa shape index (κ2) is 6.03. The molecule has 0 bridgehead atoms. The molecule has 93 valence electrons. The molecule has 0 aromatic heterocycles. The number of hydrogen-bond donors (Lipinski definition) is 0. The van der Waals surface area contributed by atoms with Gasteiger partial charge in [0.25, 0.3) is 0 Å². The van der Waals surface area contributed by atoms with Crippen LogP contribution in [0.2, 0.25) is 0 Å². The summed E-state index contributed by atoms with van der Waals surface area (Å²) in [5.74, 6) is 6.42. The molecule has 0 saturated heterocycles. The molecule has 2 rings (SSSR count). The maximum absolute atomic E-state index is 4.30. The van der Waals surface area contributed by atoms with Crippen molar-refractivity contribution in [2.75, 3.05) is 0 Å². The van der Waals surface area contributed by atoms with Crippen LogP contribution in [0.25, 0.3) is 3.31 Å². The molecular formula is C17H15MoN+. The third-order valence-corrected chi connectivity index (χ3v) is 3.43. The molecule has 19 heavy (non-hydrogen) atoms. The summed E-state index contributed by atoms with van der Waals surface area (Å²) in [5.41, 5.74) is 6.78. The van der Waals surface area contributed by atoms with E-state index < -0.39 is 0 Å². The van der Waals surface area contributed by atoms with Crippen LogP contribution in [0.15, 0.2) is 36.4 Å². The predicted octanol–water partition coefficient (Wildman–Crippen LogP) is 4.48. The summed E-state index contributed by atoms with van der Waals surface area (Å²) in [5, 5.41) is 0. The Morgan fingerprint density at radius 1 is 0.842 bits per heavy atom. The Balaban J connectivity index is 2.36.